The number of non-ortho nitro benzene ring substituents is 1. The van der Waals surface area contributed by atoms with Crippen LogP contribution in [0.4, 0.5) is 17.1 Å². The average molecular weight is 366 g/mol. The molecule has 0 saturated heterocycles. The van der Waals surface area contributed by atoms with Crippen molar-refractivity contribution in [3.8, 4) is 0 Å². The Labute approximate surface area is 142 Å². The molecule has 0 amide bonds. The second-order valence-electron chi connectivity index (χ2n) is 5.08. The van der Waals surface area contributed by atoms with E-state index in [1.807, 2.05) is 0 Å². The van der Waals surface area contributed by atoms with Gasteiger partial charge in [0.05, 0.1) is 20.8 Å². The predicted molar refractivity (Wildman–Crippen MR) is 89.8 cm³/mol. The lowest BCUT2D eigenvalue weighted by Crippen LogP contribution is -2.12. The van der Waals surface area contributed by atoms with E-state index in [1.165, 1.54) is 24.3 Å². The number of hydrogen-bond acceptors (Lipinski definition) is 7. The second-order valence-corrected chi connectivity index (χ2v) is 6.64. The summed E-state index contributed by atoms with van der Waals surface area (Å²) >= 11 is 0. The van der Waals surface area contributed by atoms with E-state index in [1.54, 1.807) is 12.1 Å². The van der Waals surface area contributed by atoms with Gasteiger partial charge < -0.3 is 5.32 Å². The zero-order valence-corrected chi connectivity index (χ0v) is 13.6. The summed E-state index contributed by atoms with van der Waals surface area (Å²) in [7, 11) is -3.75. The molecule has 2 rings (SSSR count). The molecule has 0 aliphatic carbocycles. The second kappa shape index (κ2) is 7.23. The quantitative estimate of drug-likeness (QED) is 0.558. The van der Waals surface area contributed by atoms with Gasteiger partial charge in [0.1, 0.15) is 5.69 Å². The Hall–Kier alpha value is -3.05. The minimum atomic E-state index is -3.75. The van der Waals surface area contributed by atoms with Crippen molar-refractivity contribution < 1.29 is 18.3 Å². The third-order valence-electron chi connectivity index (χ3n) is 3.37. The number of nitrogens with two attached hydrogens (primary N) is 1. The molecule has 0 fully saturated rings. The van der Waals surface area contributed by atoms with Gasteiger partial charge in [-0.25, -0.2) is 13.6 Å². The lowest BCUT2D eigenvalue weighted by molar-refractivity contribution is -0.393. The number of anilines is 1. The van der Waals surface area contributed by atoms with Crippen LogP contribution >= 0.6 is 0 Å². The first-order valence-corrected chi connectivity index (χ1v) is 8.51. The van der Waals surface area contributed by atoms with E-state index in [0.717, 1.165) is 11.6 Å². The van der Waals surface area contributed by atoms with Crippen LogP contribution in [0.1, 0.15) is 5.56 Å². The van der Waals surface area contributed by atoms with Crippen LogP contribution in [0.2, 0.25) is 0 Å². The third kappa shape index (κ3) is 4.71. The Morgan fingerprint density at radius 1 is 1.00 bits per heavy atom. The van der Waals surface area contributed by atoms with Crippen LogP contribution < -0.4 is 10.5 Å². The highest BCUT2D eigenvalue weighted by atomic mass is 32.2. The number of benzene rings is 2. The fourth-order valence-electron chi connectivity index (χ4n) is 2.12. The Bertz CT molecular complexity index is 911. The van der Waals surface area contributed by atoms with E-state index in [9.17, 15) is 28.6 Å². The molecule has 0 atom stereocenters. The van der Waals surface area contributed by atoms with Gasteiger partial charge in [0.25, 0.3) is 11.4 Å². The SMILES string of the molecule is NS(=O)(=O)c1ccc(CCNc2ccc([N+](=O)[O-])cc2[N+](=O)[O-])cc1. The average Bonchev–Trinajstić information content (AvgIpc) is 2.54. The Morgan fingerprint density at radius 2 is 1.64 bits per heavy atom. The topological polar surface area (TPSA) is 158 Å². The molecule has 0 unspecified atom stereocenters. The van der Waals surface area contributed by atoms with Gasteiger partial charge in [0.2, 0.25) is 10.0 Å². The van der Waals surface area contributed by atoms with Gasteiger partial charge in [0.15, 0.2) is 0 Å². The highest BCUT2D eigenvalue weighted by Gasteiger charge is 2.19. The first-order valence-electron chi connectivity index (χ1n) is 6.97. The standard InChI is InChI=1S/C14H14N4O6S/c15-25(23,24)12-4-1-10(2-5-12)7-8-16-13-6-3-11(17(19)20)9-14(13)18(21)22/h1-6,9,16H,7-8H2,(H2,15,23,24). The Kier molecular flexibility index (Phi) is 5.29. The molecule has 0 aliphatic rings. The van der Waals surface area contributed by atoms with Crippen molar-refractivity contribution in [2.24, 2.45) is 5.14 Å². The van der Waals surface area contributed by atoms with Crippen LogP contribution in [0, 0.1) is 20.2 Å². The minimum Gasteiger partial charge on any atom is -0.379 e. The van der Waals surface area contributed by atoms with Gasteiger partial charge >= 0.3 is 0 Å². The van der Waals surface area contributed by atoms with E-state index < -0.39 is 25.6 Å². The number of nitro groups is 2. The summed E-state index contributed by atoms with van der Waals surface area (Å²) in [4.78, 5) is 20.3. The molecule has 11 heteroatoms. The predicted octanol–water partition coefficient (Wildman–Crippen LogP) is 1.80. The third-order valence-corrected chi connectivity index (χ3v) is 4.30. The molecule has 0 aromatic heterocycles. The van der Waals surface area contributed by atoms with Gasteiger partial charge in [-0.2, -0.15) is 0 Å². The molecule has 2 aromatic carbocycles. The molecule has 2 aromatic rings. The minimum absolute atomic E-state index is 0.00443. The molecular weight excluding hydrogens is 352 g/mol. The summed E-state index contributed by atoms with van der Waals surface area (Å²) in [5, 5.41) is 29.6. The maximum absolute atomic E-state index is 11.2. The van der Waals surface area contributed by atoms with Crippen LogP contribution in [-0.4, -0.2) is 24.8 Å². The first kappa shape index (κ1) is 18.3. The Balaban J connectivity index is 2.06. The van der Waals surface area contributed by atoms with Crippen molar-refractivity contribution in [2.45, 2.75) is 11.3 Å². The molecule has 3 N–H and O–H groups in total. The number of nitro benzene ring substituents is 2. The van der Waals surface area contributed by atoms with Crippen molar-refractivity contribution in [3.63, 3.8) is 0 Å². The van der Waals surface area contributed by atoms with Crippen molar-refractivity contribution in [1.29, 1.82) is 0 Å². The number of sulfonamides is 1. The van der Waals surface area contributed by atoms with Crippen molar-refractivity contribution in [1.82, 2.24) is 0 Å². The van der Waals surface area contributed by atoms with Gasteiger partial charge in [-0.3, -0.25) is 20.2 Å². The molecular formula is C14H14N4O6S. The fraction of sp³-hybridized carbons (Fsp3) is 0.143. The Morgan fingerprint density at radius 3 is 2.16 bits per heavy atom. The lowest BCUT2D eigenvalue weighted by atomic mass is 10.1. The normalized spacial score (nSPS) is 11.1. The maximum atomic E-state index is 11.2. The number of primary sulfonamides is 1. The van der Waals surface area contributed by atoms with Crippen LogP contribution in [0.5, 0.6) is 0 Å². The van der Waals surface area contributed by atoms with Crippen molar-refractivity contribution in [2.75, 3.05) is 11.9 Å². The van der Waals surface area contributed by atoms with Crippen LogP contribution in [-0.2, 0) is 16.4 Å². The summed E-state index contributed by atoms with van der Waals surface area (Å²) in [6.07, 6.45) is 0.457. The van der Waals surface area contributed by atoms with Gasteiger partial charge in [-0.1, -0.05) is 12.1 Å². The molecule has 0 radical (unpaired) electrons. The first-order chi connectivity index (χ1) is 11.7. The van der Waals surface area contributed by atoms with E-state index >= 15 is 0 Å². The van der Waals surface area contributed by atoms with E-state index in [4.69, 9.17) is 5.14 Å². The smallest absolute Gasteiger partial charge is 0.299 e. The number of nitrogens with one attached hydrogen (secondary N) is 1. The van der Waals surface area contributed by atoms with E-state index in [2.05, 4.69) is 5.32 Å². The van der Waals surface area contributed by atoms with Crippen molar-refractivity contribution in [3.05, 3.63) is 68.3 Å². The molecule has 25 heavy (non-hydrogen) atoms. The van der Waals surface area contributed by atoms with Gasteiger partial charge in [0, 0.05) is 12.6 Å². The number of nitrogens with zero attached hydrogens (tertiary/aromatic N) is 2. The number of hydrogen-bond donors (Lipinski definition) is 2. The van der Waals surface area contributed by atoms with Gasteiger partial charge in [-0.05, 0) is 30.2 Å². The van der Waals surface area contributed by atoms with E-state index in [0.29, 0.717) is 13.0 Å². The van der Waals surface area contributed by atoms with E-state index in [-0.39, 0.29) is 16.3 Å². The lowest BCUT2D eigenvalue weighted by Gasteiger charge is -2.07. The highest BCUT2D eigenvalue weighted by molar-refractivity contribution is 7.89. The van der Waals surface area contributed by atoms with Crippen LogP contribution in [0.3, 0.4) is 0 Å². The zero-order valence-electron chi connectivity index (χ0n) is 12.8. The van der Waals surface area contributed by atoms with Crippen LogP contribution in [0.15, 0.2) is 47.4 Å². The molecule has 0 saturated carbocycles. The molecule has 132 valence electrons. The summed E-state index contributed by atoms with van der Waals surface area (Å²) in [6.45, 7) is 0.313. The zero-order chi connectivity index (χ0) is 18.6. The molecule has 10 nitrogen and oxygen atoms in total. The summed E-state index contributed by atoms with van der Waals surface area (Å²) in [5.41, 5.74) is 0.204. The van der Waals surface area contributed by atoms with Crippen LogP contribution in [0.25, 0.3) is 0 Å². The molecule has 0 bridgehead atoms. The molecule has 0 aliphatic heterocycles. The molecule has 0 spiro atoms. The van der Waals surface area contributed by atoms with Crippen molar-refractivity contribution >= 4 is 27.1 Å². The maximum Gasteiger partial charge on any atom is 0.299 e. The highest BCUT2D eigenvalue weighted by Crippen LogP contribution is 2.28. The number of rotatable bonds is 7. The van der Waals surface area contributed by atoms with Gasteiger partial charge in [-0.15, -0.1) is 0 Å². The monoisotopic (exact) mass is 366 g/mol. The fourth-order valence-corrected chi connectivity index (χ4v) is 2.64. The summed E-state index contributed by atoms with van der Waals surface area (Å²) in [6, 6.07) is 9.27. The summed E-state index contributed by atoms with van der Waals surface area (Å²) in [5.74, 6) is 0. The molecule has 0 heterocycles. The summed E-state index contributed by atoms with van der Waals surface area (Å²) < 4.78 is 22.3. The largest absolute Gasteiger partial charge is 0.379 e.